The van der Waals surface area contributed by atoms with E-state index in [1.807, 2.05) is 33.9 Å². The van der Waals surface area contributed by atoms with Crippen LogP contribution in [0.25, 0.3) is 0 Å². The third-order valence-corrected chi connectivity index (χ3v) is 19.3. The molecule has 0 saturated carbocycles. The lowest BCUT2D eigenvalue weighted by Crippen LogP contribution is -2.59. The van der Waals surface area contributed by atoms with E-state index < -0.39 is 62.0 Å². The van der Waals surface area contributed by atoms with Gasteiger partial charge in [-0.3, -0.25) is 13.9 Å². The monoisotopic (exact) mass is 659 g/mol. The highest BCUT2D eigenvalue weighted by molar-refractivity contribution is 7.90. The zero-order valence-electron chi connectivity index (χ0n) is 27.3. The summed E-state index contributed by atoms with van der Waals surface area (Å²) in [6.45, 7) is 21.6. The van der Waals surface area contributed by atoms with Crippen LogP contribution in [0.3, 0.4) is 0 Å². The molecule has 1 fully saturated rings. The van der Waals surface area contributed by atoms with Crippen molar-refractivity contribution in [2.45, 2.75) is 115 Å². The second-order valence-electron chi connectivity index (χ2n) is 14.4. The number of hydrogen-bond donors (Lipinski definition) is 2. The molecular formula is C28H49N3O9SSi2. The van der Waals surface area contributed by atoms with Gasteiger partial charge in [0.15, 0.2) is 28.5 Å². The van der Waals surface area contributed by atoms with E-state index in [-0.39, 0.29) is 41.1 Å². The lowest BCUT2D eigenvalue weighted by atomic mass is 9.89. The normalized spacial score (nSPS) is 26.5. The smallest absolute Gasteiger partial charge is 0.333 e. The topological polar surface area (TPSA) is 161 Å². The molecule has 15 heteroatoms. The minimum absolute atomic E-state index is 0.0684. The molecule has 0 aliphatic carbocycles. The number of rotatable bonds is 9. The summed E-state index contributed by atoms with van der Waals surface area (Å²) in [6, 6.07) is 0. The Labute approximate surface area is 256 Å². The summed E-state index contributed by atoms with van der Waals surface area (Å²) in [5, 5.41) is 9.55. The first-order chi connectivity index (χ1) is 19.4. The molecule has 4 atom stereocenters. The molecule has 1 aromatic heterocycles. The first-order valence-electron chi connectivity index (χ1n) is 14.4. The number of aryl methyl sites for hydroxylation is 1. The van der Waals surface area contributed by atoms with E-state index >= 15 is 0 Å². The maximum atomic E-state index is 13.9. The van der Waals surface area contributed by atoms with E-state index in [2.05, 4.69) is 33.9 Å². The van der Waals surface area contributed by atoms with Crippen molar-refractivity contribution in [1.82, 2.24) is 9.13 Å². The number of hydrogen-bond acceptors (Lipinski definition) is 10. The summed E-state index contributed by atoms with van der Waals surface area (Å²) < 4.78 is 54.0. The van der Waals surface area contributed by atoms with Crippen LogP contribution in [0.2, 0.25) is 36.3 Å². The molecule has 0 radical (unpaired) electrons. The summed E-state index contributed by atoms with van der Waals surface area (Å²) in [4.78, 5) is 26.9. The highest BCUT2D eigenvalue weighted by atomic mass is 32.2. The minimum atomic E-state index is -4.23. The maximum absolute atomic E-state index is 13.9. The number of nitrogens with two attached hydrogens (primary N) is 1. The fraction of sp³-hybridized carbons (Fsp3) is 0.714. The number of allylic oxidation sites excluding steroid dienone is 1. The van der Waals surface area contributed by atoms with Gasteiger partial charge in [-0.15, -0.1) is 0 Å². The van der Waals surface area contributed by atoms with E-state index in [1.165, 1.54) is 22.9 Å². The Morgan fingerprint density at radius 1 is 1.07 bits per heavy atom. The first kappa shape index (κ1) is 35.6. The Morgan fingerprint density at radius 3 is 2.14 bits per heavy atom. The predicted molar refractivity (Wildman–Crippen MR) is 170 cm³/mol. The van der Waals surface area contributed by atoms with Crippen molar-refractivity contribution in [3.05, 3.63) is 55.9 Å². The highest BCUT2D eigenvalue weighted by Gasteiger charge is 2.67. The molecule has 0 aromatic carbocycles. The summed E-state index contributed by atoms with van der Waals surface area (Å²) in [5.41, 5.74) is 3.64. The van der Waals surface area contributed by atoms with Gasteiger partial charge in [-0.05, 0) is 43.2 Å². The Kier molecular flexibility index (Phi) is 9.79. The zero-order valence-corrected chi connectivity index (χ0v) is 30.1. The second kappa shape index (κ2) is 11.8. The van der Waals surface area contributed by atoms with E-state index in [1.54, 1.807) is 6.92 Å². The van der Waals surface area contributed by atoms with Crippen LogP contribution in [0.15, 0.2) is 39.0 Å². The fourth-order valence-corrected chi connectivity index (χ4v) is 8.08. The first-order valence-corrected chi connectivity index (χ1v) is 21.7. The average Bonchev–Trinajstić information content (AvgIpc) is 3.27. The number of nitrogens with zero attached hydrogens (tertiary/aromatic N) is 2. The number of ether oxygens (including phenoxy) is 1. The van der Waals surface area contributed by atoms with Crippen molar-refractivity contribution in [3.8, 4) is 0 Å². The average molecular weight is 660 g/mol. The minimum Gasteiger partial charge on any atom is -0.414 e. The van der Waals surface area contributed by atoms with Crippen molar-refractivity contribution in [2.24, 2.45) is 5.73 Å². The Hall–Kier alpha value is -1.86. The van der Waals surface area contributed by atoms with Crippen molar-refractivity contribution < 1.29 is 31.3 Å². The lowest BCUT2D eigenvalue weighted by molar-refractivity contribution is -0.0567. The van der Waals surface area contributed by atoms with Crippen LogP contribution >= 0.6 is 0 Å². The van der Waals surface area contributed by atoms with Crippen molar-refractivity contribution in [3.63, 3.8) is 0 Å². The third kappa shape index (κ3) is 6.73. The quantitative estimate of drug-likeness (QED) is 0.229. The molecule has 244 valence electrons. The largest absolute Gasteiger partial charge is 0.414 e. The van der Waals surface area contributed by atoms with Gasteiger partial charge < -0.3 is 24.4 Å². The molecule has 0 bridgehead atoms. The SMILES string of the molecule is Cc1cn([C@@H]2OC(CO[Si](C)(C)C(C)(C)C)C3(OS(=O)(=O)C=C3N)[C@H]2O[Si](C)(C)C(C)(C)C)c(=O)n(C/C=C/CO)c1=O. The van der Waals surface area contributed by atoms with E-state index in [0.29, 0.717) is 0 Å². The van der Waals surface area contributed by atoms with Crippen molar-refractivity contribution in [2.75, 3.05) is 13.2 Å². The summed E-state index contributed by atoms with van der Waals surface area (Å²) in [7, 11) is -9.31. The summed E-state index contributed by atoms with van der Waals surface area (Å²) in [5.74, 6) is 0. The summed E-state index contributed by atoms with van der Waals surface area (Å²) >= 11 is 0. The number of aliphatic hydroxyl groups excluding tert-OH is 1. The Morgan fingerprint density at radius 2 is 1.65 bits per heavy atom. The van der Waals surface area contributed by atoms with Crippen LogP contribution in [0.5, 0.6) is 0 Å². The molecule has 2 unspecified atom stereocenters. The van der Waals surface area contributed by atoms with Crippen LogP contribution in [0.4, 0.5) is 0 Å². The number of aromatic nitrogens is 2. The van der Waals surface area contributed by atoms with Crippen LogP contribution in [0.1, 0.15) is 53.3 Å². The van der Waals surface area contributed by atoms with Gasteiger partial charge in [0.25, 0.3) is 15.7 Å². The maximum Gasteiger partial charge on any atom is 0.333 e. The lowest BCUT2D eigenvalue weighted by Gasteiger charge is -2.43. The zero-order chi connectivity index (χ0) is 33.0. The molecular weight excluding hydrogens is 611 g/mol. The Balaban J connectivity index is 2.30. The molecule has 2 aliphatic rings. The highest BCUT2D eigenvalue weighted by Crippen LogP contribution is 2.52. The second-order valence-corrected chi connectivity index (χ2v) is 25.4. The molecule has 3 heterocycles. The van der Waals surface area contributed by atoms with Crippen LogP contribution in [-0.2, 0) is 34.4 Å². The van der Waals surface area contributed by atoms with E-state index in [9.17, 15) is 18.0 Å². The summed E-state index contributed by atoms with van der Waals surface area (Å²) in [6.07, 6.45) is 0.846. The van der Waals surface area contributed by atoms with Gasteiger partial charge >= 0.3 is 5.69 Å². The molecule has 1 aromatic rings. The van der Waals surface area contributed by atoms with Crippen LogP contribution < -0.4 is 17.0 Å². The van der Waals surface area contributed by atoms with Gasteiger partial charge in [0, 0.05) is 18.3 Å². The van der Waals surface area contributed by atoms with Gasteiger partial charge in [0.1, 0.15) is 12.2 Å². The number of aliphatic hydroxyl groups is 1. The molecule has 3 rings (SSSR count). The Bertz CT molecular complexity index is 1500. The van der Waals surface area contributed by atoms with Crippen LogP contribution in [-0.4, -0.2) is 70.3 Å². The van der Waals surface area contributed by atoms with E-state index in [0.717, 1.165) is 9.98 Å². The van der Waals surface area contributed by atoms with Crippen molar-refractivity contribution in [1.29, 1.82) is 0 Å². The molecule has 3 N–H and O–H groups in total. The van der Waals surface area contributed by atoms with Gasteiger partial charge in [-0.1, -0.05) is 53.7 Å². The van der Waals surface area contributed by atoms with Crippen molar-refractivity contribution >= 4 is 26.8 Å². The molecule has 1 spiro atoms. The molecule has 2 aliphatic heterocycles. The van der Waals surface area contributed by atoms with Crippen LogP contribution in [0, 0.1) is 6.92 Å². The third-order valence-electron chi connectivity index (χ3n) is 9.27. The molecule has 1 saturated heterocycles. The van der Waals surface area contributed by atoms with Gasteiger partial charge in [-0.25, -0.2) is 8.98 Å². The predicted octanol–water partition coefficient (Wildman–Crippen LogP) is 3.08. The van der Waals surface area contributed by atoms with Gasteiger partial charge in [-0.2, -0.15) is 8.42 Å². The molecule has 12 nitrogen and oxygen atoms in total. The van der Waals surface area contributed by atoms with Gasteiger partial charge in [0.2, 0.25) is 0 Å². The fourth-order valence-electron chi connectivity index (χ4n) is 4.57. The molecule has 0 amide bonds. The van der Waals surface area contributed by atoms with Gasteiger partial charge in [0.05, 0.1) is 24.3 Å². The van der Waals surface area contributed by atoms with E-state index in [4.69, 9.17) is 28.6 Å². The molecule has 43 heavy (non-hydrogen) atoms. The standard InChI is InChI=1S/C28H49N3O9SSi2/c1-19-16-31(25(34)30(23(19)33)14-12-13-15-32)24-22(39-43(10,11)27(5,6)7)28(20(29)18-41(35,36)40-28)21(38-24)17-37-42(8,9)26(2,3)4/h12-13,16,18,21-22,24,32H,14-15,17,29H2,1-11H3/b13-12+/t21?,22-,24+,28?/m0/s1.